The third-order valence-corrected chi connectivity index (χ3v) is 2.73. The number of hydrogen-bond acceptors (Lipinski definition) is 5. The van der Waals surface area contributed by atoms with Crippen molar-refractivity contribution in [2.75, 3.05) is 13.7 Å². The molecule has 1 aromatic carbocycles. The molecule has 1 atom stereocenters. The molecular formula is C13H19NO5. The van der Waals surface area contributed by atoms with Crippen LogP contribution in [0.5, 0.6) is 11.5 Å². The largest absolute Gasteiger partial charge is 0.493 e. The molecule has 106 valence electrons. The minimum absolute atomic E-state index is 0.152. The van der Waals surface area contributed by atoms with E-state index in [-0.39, 0.29) is 11.3 Å². The zero-order valence-electron chi connectivity index (χ0n) is 11.4. The van der Waals surface area contributed by atoms with Crippen LogP contribution >= 0.6 is 0 Å². The fourth-order valence-corrected chi connectivity index (χ4v) is 1.85. The van der Waals surface area contributed by atoms with Gasteiger partial charge in [0.1, 0.15) is 0 Å². The van der Waals surface area contributed by atoms with Crippen LogP contribution in [0.4, 0.5) is 5.69 Å². The summed E-state index contributed by atoms with van der Waals surface area (Å²) in [5.74, 6) is 0.696. The summed E-state index contributed by atoms with van der Waals surface area (Å²) in [6.07, 6.45) is 0.308. The predicted molar refractivity (Wildman–Crippen MR) is 70.7 cm³/mol. The summed E-state index contributed by atoms with van der Waals surface area (Å²) in [4.78, 5) is 10.5. The van der Waals surface area contributed by atoms with Gasteiger partial charge in [-0.25, -0.2) is 0 Å². The standard InChI is InChI=1S/C13H19NO5/c1-4-6-11(15)9-7-13(19-5-2)12(18-3)8-10(9)14(16)17/h7-8,11,15H,4-6H2,1-3H3. The maximum absolute atomic E-state index is 11.1. The molecule has 0 fully saturated rings. The first-order valence-corrected chi connectivity index (χ1v) is 6.22. The summed E-state index contributed by atoms with van der Waals surface area (Å²) in [5.41, 5.74) is 0.109. The van der Waals surface area contributed by atoms with Crippen molar-refractivity contribution in [2.45, 2.75) is 32.8 Å². The van der Waals surface area contributed by atoms with Crippen molar-refractivity contribution in [1.29, 1.82) is 0 Å². The van der Waals surface area contributed by atoms with E-state index in [1.807, 2.05) is 13.8 Å². The molecule has 6 heteroatoms. The second kappa shape index (κ2) is 6.94. The van der Waals surface area contributed by atoms with Gasteiger partial charge < -0.3 is 14.6 Å². The minimum Gasteiger partial charge on any atom is -0.493 e. The molecule has 0 aliphatic heterocycles. The molecule has 0 saturated carbocycles. The fourth-order valence-electron chi connectivity index (χ4n) is 1.85. The van der Waals surface area contributed by atoms with E-state index in [1.54, 1.807) is 0 Å². The van der Waals surface area contributed by atoms with Gasteiger partial charge >= 0.3 is 0 Å². The number of rotatable bonds is 7. The Morgan fingerprint density at radius 3 is 2.53 bits per heavy atom. The van der Waals surface area contributed by atoms with Gasteiger partial charge in [0.05, 0.1) is 36.4 Å². The van der Waals surface area contributed by atoms with Crippen LogP contribution in [0.15, 0.2) is 12.1 Å². The molecule has 19 heavy (non-hydrogen) atoms. The second-order valence-electron chi connectivity index (χ2n) is 4.06. The van der Waals surface area contributed by atoms with E-state index in [0.717, 1.165) is 6.42 Å². The summed E-state index contributed by atoms with van der Waals surface area (Å²) in [6.45, 7) is 4.13. The maximum Gasteiger partial charge on any atom is 0.279 e. The van der Waals surface area contributed by atoms with Gasteiger partial charge in [-0.3, -0.25) is 10.1 Å². The van der Waals surface area contributed by atoms with Gasteiger partial charge in [-0.15, -0.1) is 0 Å². The van der Waals surface area contributed by atoms with Gasteiger partial charge in [0.25, 0.3) is 5.69 Å². The smallest absolute Gasteiger partial charge is 0.279 e. The zero-order valence-corrected chi connectivity index (χ0v) is 11.4. The average molecular weight is 269 g/mol. The van der Waals surface area contributed by atoms with Gasteiger partial charge in [0.2, 0.25) is 0 Å². The fraction of sp³-hybridized carbons (Fsp3) is 0.538. The molecular weight excluding hydrogens is 250 g/mol. The Morgan fingerprint density at radius 1 is 1.37 bits per heavy atom. The van der Waals surface area contributed by atoms with Crippen LogP contribution in [0.3, 0.4) is 0 Å². The quantitative estimate of drug-likeness (QED) is 0.608. The Kier molecular flexibility index (Phi) is 5.57. The topological polar surface area (TPSA) is 81.8 Å². The number of aliphatic hydroxyl groups excluding tert-OH is 1. The second-order valence-corrected chi connectivity index (χ2v) is 4.06. The van der Waals surface area contributed by atoms with Gasteiger partial charge in [0, 0.05) is 0 Å². The Hall–Kier alpha value is -1.82. The molecule has 1 unspecified atom stereocenters. The van der Waals surface area contributed by atoms with E-state index in [9.17, 15) is 15.2 Å². The summed E-state index contributed by atoms with van der Waals surface area (Å²) in [6, 6.07) is 2.78. The van der Waals surface area contributed by atoms with Gasteiger partial charge in [-0.2, -0.15) is 0 Å². The first-order chi connectivity index (χ1) is 9.04. The van der Waals surface area contributed by atoms with Crippen molar-refractivity contribution in [1.82, 2.24) is 0 Å². The number of methoxy groups -OCH3 is 1. The lowest BCUT2D eigenvalue weighted by Gasteiger charge is -2.15. The van der Waals surface area contributed by atoms with E-state index in [0.29, 0.717) is 24.5 Å². The number of hydrogen-bond donors (Lipinski definition) is 1. The Balaban J connectivity index is 3.32. The van der Waals surface area contributed by atoms with Crippen molar-refractivity contribution >= 4 is 5.69 Å². The molecule has 0 saturated heterocycles. The summed E-state index contributed by atoms with van der Waals surface area (Å²) in [5, 5.41) is 21.1. The van der Waals surface area contributed by atoms with Crippen molar-refractivity contribution in [3.05, 3.63) is 27.8 Å². The van der Waals surface area contributed by atoms with Gasteiger partial charge in [-0.1, -0.05) is 13.3 Å². The molecule has 0 amide bonds. The normalized spacial score (nSPS) is 12.0. The third-order valence-electron chi connectivity index (χ3n) is 2.73. The van der Waals surface area contributed by atoms with Crippen molar-refractivity contribution in [3.8, 4) is 11.5 Å². The van der Waals surface area contributed by atoms with Crippen molar-refractivity contribution in [2.24, 2.45) is 0 Å². The van der Waals surface area contributed by atoms with E-state index < -0.39 is 11.0 Å². The Morgan fingerprint density at radius 2 is 2.05 bits per heavy atom. The van der Waals surface area contributed by atoms with Gasteiger partial charge in [0.15, 0.2) is 11.5 Å². The number of benzene rings is 1. The molecule has 1 N–H and O–H groups in total. The molecule has 1 aromatic rings. The molecule has 0 bridgehead atoms. The number of aliphatic hydroxyl groups is 1. The van der Waals surface area contributed by atoms with Crippen LogP contribution in [0.2, 0.25) is 0 Å². The molecule has 6 nitrogen and oxygen atoms in total. The Bertz CT molecular complexity index is 447. The molecule has 0 aliphatic rings. The van der Waals surface area contributed by atoms with Crippen molar-refractivity contribution < 1.29 is 19.5 Å². The van der Waals surface area contributed by atoms with Gasteiger partial charge in [-0.05, 0) is 19.4 Å². The highest BCUT2D eigenvalue weighted by Crippen LogP contribution is 2.38. The van der Waals surface area contributed by atoms with E-state index in [1.165, 1.54) is 19.2 Å². The van der Waals surface area contributed by atoms with E-state index in [4.69, 9.17) is 9.47 Å². The van der Waals surface area contributed by atoms with E-state index >= 15 is 0 Å². The third kappa shape index (κ3) is 3.57. The average Bonchev–Trinajstić information content (AvgIpc) is 2.38. The Labute approximate surface area is 112 Å². The number of ether oxygens (including phenoxy) is 2. The minimum atomic E-state index is -0.879. The maximum atomic E-state index is 11.1. The lowest BCUT2D eigenvalue weighted by molar-refractivity contribution is -0.386. The molecule has 0 aliphatic carbocycles. The van der Waals surface area contributed by atoms with Crippen LogP contribution in [0.1, 0.15) is 38.4 Å². The molecule has 0 aromatic heterocycles. The van der Waals surface area contributed by atoms with Crippen LogP contribution in [0.25, 0.3) is 0 Å². The number of nitrogens with zero attached hydrogens (tertiary/aromatic N) is 1. The lowest BCUT2D eigenvalue weighted by Crippen LogP contribution is -2.05. The highest BCUT2D eigenvalue weighted by molar-refractivity contribution is 5.55. The molecule has 1 rings (SSSR count). The van der Waals surface area contributed by atoms with Crippen LogP contribution in [0, 0.1) is 10.1 Å². The highest BCUT2D eigenvalue weighted by atomic mass is 16.6. The summed E-state index contributed by atoms with van der Waals surface area (Å²) >= 11 is 0. The highest BCUT2D eigenvalue weighted by Gasteiger charge is 2.24. The molecule has 0 radical (unpaired) electrons. The first-order valence-electron chi connectivity index (χ1n) is 6.22. The molecule has 0 heterocycles. The number of nitro benzene ring substituents is 1. The lowest BCUT2D eigenvalue weighted by atomic mass is 10.0. The van der Waals surface area contributed by atoms with Crippen LogP contribution in [-0.4, -0.2) is 23.7 Å². The monoisotopic (exact) mass is 269 g/mol. The van der Waals surface area contributed by atoms with Crippen LogP contribution < -0.4 is 9.47 Å². The predicted octanol–water partition coefficient (Wildman–Crippen LogP) is 2.84. The summed E-state index contributed by atoms with van der Waals surface area (Å²) in [7, 11) is 1.42. The van der Waals surface area contributed by atoms with E-state index in [2.05, 4.69) is 0 Å². The number of nitro groups is 1. The molecule has 0 spiro atoms. The SMILES string of the molecule is CCCC(O)c1cc(OCC)c(OC)cc1[N+](=O)[O-]. The van der Waals surface area contributed by atoms with Crippen molar-refractivity contribution in [3.63, 3.8) is 0 Å². The summed E-state index contributed by atoms with van der Waals surface area (Å²) < 4.78 is 10.4. The zero-order chi connectivity index (χ0) is 14.4. The van der Waals surface area contributed by atoms with Crippen LogP contribution in [-0.2, 0) is 0 Å². The first kappa shape index (κ1) is 15.2.